The Morgan fingerprint density at radius 1 is 1.33 bits per heavy atom. The Morgan fingerprint density at radius 2 is 2.17 bits per heavy atom. The number of rotatable bonds is 2. The van der Waals surface area contributed by atoms with Crippen molar-refractivity contribution < 1.29 is 4.92 Å². The molecule has 3 aromatic rings. The van der Waals surface area contributed by atoms with E-state index in [1.807, 2.05) is 6.07 Å². The van der Waals surface area contributed by atoms with Crippen molar-refractivity contribution in [2.45, 2.75) is 0 Å². The van der Waals surface area contributed by atoms with Crippen LogP contribution in [-0.4, -0.2) is 24.9 Å². The minimum absolute atomic E-state index is 0.0418. The van der Waals surface area contributed by atoms with E-state index in [-0.39, 0.29) is 5.69 Å². The van der Waals surface area contributed by atoms with Gasteiger partial charge in [0.2, 0.25) is 0 Å². The number of non-ortho nitro benzene ring substituents is 1. The maximum absolute atomic E-state index is 11.0. The monoisotopic (exact) mass is 243 g/mol. The van der Waals surface area contributed by atoms with Gasteiger partial charge in [-0.3, -0.25) is 19.9 Å². The average Bonchev–Trinajstić information content (AvgIpc) is 2.95. The molecule has 2 heterocycles. The molecule has 0 aliphatic carbocycles. The number of aryl methyl sites for hydroxylation is 1. The molecule has 3 rings (SSSR count). The molecule has 0 amide bonds. The molecule has 0 radical (unpaired) electrons. The van der Waals surface area contributed by atoms with Crippen molar-refractivity contribution in [3.8, 4) is 11.1 Å². The highest BCUT2D eigenvalue weighted by Crippen LogP contribution is 2.30. The average molecular weight is 243 g/mol. The van der Waals surface area contributed by atoms with Crippen molar-refractivity contribution in [3.05, 3.63) is 40.8 Å². The fraction of sp³-hybridized carbons (Fsp3) is 0.0909. The first-order chi connectivity index (χ1) is 8.65. The van der Waals surface area contributed by atoms with Crippen LogP contribution in [0.3, 0.4) is 0 Å². The molecule has 90 valence electrons. The fourth-order valence-electron chi connectivity index (χ4n) is 1.92. The van der Waals surface area contributed by atoms with Gasteiger partial charge >= 0.3 is 0 Å². The molecule has 7 heteroatoms. The number of H-pyrrole nitrogens is 1. The zero-order valence-corrected chi connectivity index (χ0v) is 9.49. The summed E-state index contributed by atoms with van der Waals surface area (Å²) in [6.45, 7) is 0. The number of aromatic amines is 1. The zero-order valence-electron chi connectivity index (χ0n) is 9.49. The third-order valence-electron chi connectivity index (χ3n) is 2.77. The number of hydrogen-bond acceptors (Lipinski definition) is 4. The summed E-state index contributed by atoms with van der Waals surface area (Å²) >= 11 is 0. The smallest absolute Gasteiger partial charge is 0.278 e. The van der Waals surface area contributed by atoms with Crippen molar-refractivity contribution in [2.75, 3.05) is 0 Å². The van der Waals surface area contributed by atoms with Crippen LogP contribution in [0, 0.1) is 10.1 Å². The van der Waals surface area contributed by atoms with Gasteiger partial charge in [0, 0.05) is 24.9 Å². The molecule has 1 aromatic carbocycles. The van der Waals surface area contributed by atoms with Gasteiger partial charge in [0.05, 0.1) is 28.2 Å². The molecule has 0 saturated heterocycles. The Bertz CT molecular complexity index is 743. The van der Waals surface area contributed by atoms with E-state index >= 15 is 0 Å². The van der Waals surface area contributed by atoms with Gasteiger partial charge in [-0.25, -0.2) is 0 Å². The second kappa shape index (κ2) is 3.66. The minimum atomic E-state index is -0.405. The number of hydrogen-bond donors (Lipinski definition) is 1. The highest BCUT2D eigenvalue weighted by molar-refractivity contribution is 5.92. The molecular weight excluding hydrogens is 234 g/mol. The molecule has 0 atom stereocenters. The van der Waals surface area contributed by atoms with E-state index < -0.39 is 4.92 Å². The predicted octanol–water partition coefficient (Wildman–Crippen LogP) is 1.87. The highest BCUT2D eigenvalue weighted by atomic mass is 16.6. The lowest BCUT2D eigenvalue weighted by Gasteiger charge is -1.99. The third-order valence-corrected chi connectivity index (χ3v) is 2.77. The standard InChI is InChI=1S/C11H9N5O2/c1-15-6-8(4-13-15)7-2-10-9(5-12-14-10)11(3-7)16(17)18/h2-6H,1H3,(H,12,14). The molecule has 0 bridgehead atoms. The van der Waals surface area contributed by atoms with E-state index in [4.69, 9.17) is 0 Å². The number of fused-ring (bicyclic) bond motifs is 1. The van der Waals surface area contributed by atoms with Crippen LogP contribution in [0.4, 0.5) is 5.69 Å². The van der Waals surface area contributed by atoms with Gasteiger partial charge in [0.25, 0.3) is 5.69 Å². The molecule has 0 fully saturated rings. The number of aromatic nitrogens is 4. The van der Waals surface area contributed by atoms with E-state index in [0.717, 1.165) is 11.1 Å². The maximum atomic E-state index is 11.0. The quantitative estimate of drug-likeness (QED) is 0.549. The Balaban J connectivity index is 2.27. The van der Waals surface area contributed by atoms with Crippen LogP contribution in [-0.2, 0) is 7.05 Å². The predicted molar refractivity (Wildman–Crippen MR) is 65.0 cm³/mol. The van der Waals surface area contributed by atoms with Crippen LogP contribution in [0.5, 0.6) is 0 Å². The molecule has 2 aromatic heterocycles. The minimum Gasteiger partial charge on any atom is -0.278 e. The number of nitrogens with zero attached hydrogens (tertiary/aromatic N) is 4. The summed E-state index contributed by atoms with van der Waals surface area (Å²) in [6, 6.07) is 3.36. The van der Waals surface area contributed by atoms with Crippen molar-refractivity contribution in [3.63, 3.8) is 0 Å². The van der Waals surface area contributed by atoms with E-state index in [9.17, 15) is 10.1 Å². The number of nitro groups is 1. The van der Waals surface area contributed by atoms with Gasteiger partial charge in [-0.2, -0.15) is 10.2 Å². The lowest BCUT2D eigenvalue weighted by atomic mass is 10.1. The van der Waals surface area contributed by atoms with Crippen LogP contribution in [0.15, 0.2) is 30.7 Å². The van der Waals surface area contributed by atoms with Crippen molar-refractivity contribution in [2.24, 2.45) is 7.05 Å². The molecule has 0 saturated carbocycles. The fourth-order valence-corrected chi connectivity index (χ4v) is 1.92. The summed E-state index contributed by atoms with van der Waals surface area (Å²) in [5, 5.41) is 22.2. The Morgan fingerprint density at radius 3 is 2.83 bits per heavy atom. The Kier molecular flexibility index (Phi) is 2.12. The van der Waals surface area contributed by atoms with E-state index in [1.165, 1.54) is 12.3 Å². The van der Waals surface area contributed by atoms with Crippen LogP contribution in [0.1, 0.15) is 0 Å². The summed E-state index contributed by atoms with van der Waals surface area (Å²) in [6.07, 6.45) is 4.93. The molecule has 0 aliphatic heterocycles. The zero-order chi connectivity index (χ0) is 12.7. The number of nitrogens with one attached hydrogen (secondary N) is 1. The van der Waals surface area contributed by atoms with Gasteiger partial charge in [-0.05, 0) is 11.6 Å². The molecule has 0 spiro atoms. The van der Waals surface area contributed by atoms with Gasteiger partial charge < -0.3 is 0 Å². The van der Waals surface area contributed by atoms with Crippen molar-refractivity contribution >= 4 is 16.6 Å². The first kappa shape index (κ1) is 10.5. The van der Waals surface area contributed by atoms with Crippen LogP contribution in [0.25, 0.3) is 22.0 Å². The highest BCUT2D eigenvalue weighted by Gasteiger charge is 2.16. The summed E-state index contributed by atoms with van der Waals surface area (Å²) in [5.41, 5.74) is 2.26. The van der Waals surface area contributed by atoms with Gasteiger partial charge in [-0.15, -0.1) is 0 Å². The second-order valence-electron chi connectivity index (χ2n) is 3.99. The Labute approximate surface area is 101 Å². The van der Waals surface area contributed by atoms with Gasteiger partial charge in [0.15, 0.2) is 0 Å². The summed E-state index contributed by atoms with van der Waals surface area (Å²) in [4.78, 5) is 10.6. The van der Waals surface area contributed by atoms with Gasteiger partial charge in [-0.1, -0.05) is 0 Å². The summed E-state index contributed by atoms with van der Waals surface area (Å²) in [5.74, 6) is 0. The first-order valence-corrected chi connectivity index (χ1v) is 5.25. The lowest BCUT2D eigenvalue weighted by Crippen LogP contribution is -1.89. The van der Waals surface area contributed by atoms with Crippen LogP contribution < -0.4 is 0 Å². The summed E-state index contributed by atoms with van der Waals surface area (Å²) < 4.78 is 1.65. The SMILES string of the molecule is Cn1cc(-c2cc([N+](=O)[O-])c3cn[nH]c3c2)cn1. The molecule has 0 aliphatic rings. The third kappa shape index (κ3) is 1.53. The first-order valence-electron chi connectivity index (χ1n) is 5.25. The Hall–Kier alpha value is -2.70. The number of nitro benzene ring substituents is 1. The topological polar surface area (TPSA) is 89.6 Å². The van der Waals surface area contributed by atoms with Crippen molar-refractivity contribution in [1.82, 2.24) is 20.0 Å². The molecule has 1 N–H and O–H groups in total. The molecule has 18 heavy (non-hydrogen) atoms. The van der Waals surface area contributed by atoms with E-state index in [1.54, 1.807) is 24.1 Å². The second-order valence-corrected chi connectivity index (χ2v) is 3.99. The molecular formula is C11H9N5O2. The number of benzene rings is 1. The molecule has 7 nitrogen and oxygen atoms in total. The van der Waals surface area contributed by atoms with Crippen LogP contribution >= 0.6 is 0 Å². The molecule has 0 unspecified atom stereocenters. The van der Waals surface area contributed by atoms with Crippen molar-refractivity contribution in [1.29, 1.82) is 0 Å². The normalized spacial score (nSPS) is 10.9. The van der Waals surface area contributed by atoms with E-state index in [2.05, 4.69) is 15.3 Å². The van der Waals surface area contributed by atoms with Gasteiger partial charge in [0.1, 0.15) is 0 Å². The van der Waals surface area contributed by atoms with Crippen LogP contribution in [0.2, 0.25) is 0 Å². The van der Waals surface area contributed by atoms with E-state index in [0.29, 0.717) is 10.9 Å². The maximum Gasteiger partial charge on any atom is 0.280 e. The largest absolute Gasteiger partial charge is 0.280 e. The lowest BCUT2D eigenvalue weighted by molar-refractivity contribution is -0.383. The summed E-state index contributed by atoms with van der Waals surface area (Å²) in [7, 11) is 1.80.